The van der Waals surface area contributed by atoms with E-state index in [1.165, 1.54) is 5.56 Å². The second-order valence-corrected chi connectivity index (χ2v) is 11.6. The number of urea groups is 1. The molecule has 6 rings (SSSR count). The summed E-state index contributed by atoms with van der Waals surface area (Å²) in [5.41, 5.74) is 5.57. The maximum Gasteiger partial charge on any atom is 0.323 e. The first-order valence-corrected chi connectivity index (χ1v) is 15.0. The molecule has 1 aromatic heterocycles. The van der Waals surface area contributed by atoms with Crippen LogP contribution in [0.15, 0.2) is 89.7 Å². The molecule has 0 radical (unpaired) electrons. The minimum Gasteiger partial charge on any atom is -0.369 e. The number of halogens is 1. The molecule has 3 heterocycles. The van der Waals surface area contributed by atoms with Crippen LogP contribution in [0.4, 0.5) is 21.9 Å². The number of hydrogen-bond donors (Lipinski definition) is 3. The molecule has 2 unspecified atom stereocenters. The van der Waals surface area contributed by atoms with Gasteiger partial charge in [0.1, 0.15) is 0 Å². The molecular formula is C34H34ClN5O3. The Morgan fingerprint density at radius 1 is 0.907 bits per heavy atom. The number of hydrogen-bond acceptors (Lipinski definition) is 4. The zero-order chi connectivity index (χ0) is 29.9. The third-order valence-corrected chi connectivity index (χ3v) is 8.71. The summed E-state index contributed by atoms with van der Waals surface area (Å²) in [6.45, 7) is 4.48. The Morgan fingerprint density at radius 2 is 1.72 bits per heavy atom. The van der Waals surface area contributed by atoms with Crippen molar-refractivity contribution in [3.05, 3.63) is 123 Å². The average Bonchev–Trinajstić information content (AvgIpc) is 3.01. The van der Waals surface area contributed by atoms with Gasteiger partial charge in [0, 0.05) is 60.1 Å². The molecule has 9 heteroatoms. The monoisotopic (exact) mass is 595 g/mol. The Labute approximate surface area is 255 Å². The highest BCUT2D eigenvalue weighted by atomic mass is 35.5. The summed E-state index contributed by atoms with van der Waals surface area (Å²) in [4.78, 5) is 41.2. The second kappa shape index (κ2) is 12.4. The Hall–Kier alpha value is -4.56. The Bertz CT molecular complexity index is 1720. The number of anilines is 3. The van der Waals surface area contributed by atoms with Crippen LogP contribution in [0.5, 0.6) is 0 Å². The first-order chi connectivity index (χ1) is 20.9. The number of piperidine rings is 1. The van der Waals surface area contributed by atoms with Crippen LogP contribution < -0.4 is 26.4 Å². The molecule has 2 aliphatic heterocycles. The van der Waals surface area contributed by atoms with Crippen LogP contribution in [0.3, 0.4) is 0 Å². The number of rotatable bonds is 7. The molecule has 8 nitrogen and oxygen atoms in total. The van der Waals surface area contributed by atoms with Crippen LogP contribution in [0.2, 0.25) is 5.02 Å². The van der Waals surface area contributed by atoms with Crippen LogP contribution in [-0.2, 0) is 19.5 Å². The molecule has 0 aliphatic carbocycles. The molecular weight excluding hydrogens is 562 g/mol. The Morgan fingerprint density at radius 3 is 2.51 bits per heavy atom. The van der Waals surface area contributed by atoms with Crippen molar-refractivity contribution in [2.75, 3.05) is 28.6 Å². The van der Waals surface area contributed by atoms with Gasteiger partial charge in [-0.25, -0.2) is 4.79 Å². The third kappa shape index (κ3) is 6.29. The number of fused-ring (bicyclic) bond motifs is 4. The minimum absolute atomic E-state index is 0.0406. The van der Waals surface area contributed by atoms with Crippen LogP contribution >= 0.6 is 11.6 Å². The van der Waals surface area contributed by atoms with Gasteiger partial charge in [0.15, 0.2) is 0 Å². The van der Waals surface area contributed by atoms with Gasteiger partial charge in [-0.05, 0) is 72.4 Å². The van der Waals surface area contributed by atoms with E-state index in [2.05, 4.69) is 27.8 Å². The topological polar surface area (TPSA) is 95.5 Å². The van der Waals surface area contributed by atoms with E-state index in [9.17, 15) is 14.4 Å². The number of carbonyl (C=O) groups is 2. The van der Waals surface area contributed by atoms with Crippen LogP contribution in [0.25, 0.3) is 0 Å². The third-order valence-electron chi connectivity index (χ3n) is 8.34. The van der Waals surface area contributed by atoms with Crippen LogP contribution in [0.1, 0.15) is 46.4 Å². The van der Waals surface area contributed by atoms with E-state index < -0.39 is 6.03 Å². The van der Waals surface area contributed by atoms with Gasteiger partial charge in [0.2, 0.25) is 0 Å². The summed E-state index contributed by atoms with van der Waals surface area (Å²) >= 11 is 6.28. The van der Waals surface area contributed by atoms with Crippen molar-refractivity contribution in [3.63, 3.8) is 0 Å². The van der Waals surface area contributed by atoms with E-state index >= 15 is 0 Å². The highest BCUT2D eigenvalue weighted by Crippen LogP contribution is 2.39. The van der Waals surface area contributed by atoms with Gasteiger partial charge in [-0.3, -0.25) is 9.59 Å². The number of nitrogens with one attached hydrogen (secondary N) is 3. The molecule has 1 fully saturated rings. The SMILES string of the molecule is CCc1ccc(NC(=O)Nc2cc(C(=O)NCc3ccccc3Cl)ccc2N2CC3CC(C2)c2cccc(=O)n2C3)cc1. The van der Waals surface area contributed by atoms with Gasteiger partial charge >= 0.3 is 6.03 Å². The predicted octanol–water partition coefficient (Wildman–Crippen LogP) is 6.26. The van der Waals surface area contributed by atoms with E-state index in [1.807, 2.05) is 65.2 Å². The van der Waals surface area contributed by atoms with E-state index in [0.717, 1.165) is 36.3 Å². The first-order valence-electron chi connectivity index (χ1n) is 14.6. The van der Waals surface area contributed by atoms with E-state index in [1.54, 1.807) is 24.3 Å². The highest BCUT2D eigenvalue weighted by Gasteiger charge is 2.35. The lowest BCUT2D eigenvalue weighted by atomic mass is 9.83. The second-order valence-electron chi connectivity index (χ2n) is 11.2. The molecule has 2 bridgehead atoms. The number of aromatic nitrogens is 1. The molecule has 43 heavy (non-hydrogen) atoms. The number of nitrogens with zero attached hydrogens (tertiary/aromatic N) is 2. The molecule has 3 N–H and O–H groups in total. The first kappa shape index (κ1) is 28.6. The molecule has 3 amide bonds. The van der Waals surface area contributed by atoms with Crippen molar-refractivity contribution < 1.29 is 9.59 Å². The Balaban J connectivity index is 1.26. The van der Waals surface area contributed by atoms with Crippen molar-refractivity contribution in [1.82, 2.24) is 9.88 Å². The summed E-state index contributed by atoms with van der Waals surface area (Å²) in [5, 5.41) is 9.44. The van der Waals surface area contributed by atoms with Crippen molar-refractivity contribution in [3.8, 4) is 0 Å². The van der Waals surface area contributed by atoms with Crippen molar-refractivity contribution in [2.45, 2.75) is 38.8 Å². The summed E-state index contributed by atoms with van der Waals surface area (Å²) < 4.78 is 1.90. The number of carbonyl (C=O) groups excluding carboxylic acids is 2. The minimum atomic E-state index is -0.395. The summed E-state index contributed by atoms with van der Waals surface area (Å²) in [6, 6.07) is 25.6. The summed E-state index contributed by atoms with van der Waals surface area (Å²) in [7, 11) is 0. The van der Waals surface area contributed by atoms with Gasteiger partial charge in [-0.15, -0.1) is 0 Å². The molecule has 2 atom stereocenters. The van der Waals surface area contributed by atoms with Gasteiger partial charge in [0.05, 0.1) is 11.4 Å². The van der Waals surface area contributed by atoms with Crippen molar-refractivity contribution >= 4 is 40.6 Å². The van der Waals surface area contributed by atoms with Gasteiger partial charge in [-0.2, -0.15) is 0 Å². The van der Waals surface area contributed by atoms with Gasteiger partial charge < -0.3 is 25.4 Å². The number of aryl methyl sites for hydroxylation is 1. The fraction of sp³-hybridized carbons (Fsp3) is 0.265. The largest absolute Gasteiger partial charge is 0.369 e. The Kier molecular flexibility index (Phi) is 8.20. The summed E-state index contributed by atoms with van der Waals surface area (Å²) in [5.74, 6) is 0.219. The zero-order valence-corrected chi connectivity index (χ0v) is 24.7. The van der Waals surface area contributed by atoms with E-state index in [0.29, 0.717) is 41.0 Å². The fourth-order valence-electron chi connectivity index (χ4n) is 6.17. The smallest absolute Gasteiger partial charge is 0.323 e. The normalized spacial score (nSPS) is 17.1. The maximum absolute atomic E-state index is 13.2. The lowest BCUT2D eigenvalue weighted by Gasteiger charge is -2.44. The van der Waals surface area contributed by atoms with Gasteiger partial charge in [0.25, 0.3) is 11.5 Å². The van der Waals surface area contributed by atoms with Crippen molar-refractivity contribution in [2.24, 2.45) is 5.92 Å². The predicted molar refractivity (Wildman–Crippen MR) is 171 cm³/mol. The molecule has 2 aliphatic rings. The molecule has 3 aromatic carbocycles. The lowest BCUT2D eigenvalue weighted by Crippen LogP contribution is -2.47. The quantitative estimate of drug-likeness (QED) is 0.235. The fourth-order valence-corrected chi connectivity index (χ4v) is 6.38. The number of benzene rings is 3. The van der Waals surface area contributed by atoms with Gasteiger partial charge in [-0.1, -0.05) is 54.9 Å². The maximum atomic E-state index is 13.2. The molecule has 0 spiro atoms. The molecule has 4 aromatic rings. The number of amides is 3. The van der Waals surface area contributed by atoms with Crippen molar-refractivity contribution in [1.29, 1.82) is 0 Å². The summed E-state index contributed by atoms with van der Waals surface area (Å²) in [6.07, 6.45) is 1.93. The van der Waals surface area contributed by atoms with E-state index in [4.69, 9.17) is 11.6 Å². The molecule has 1 saturated heterocycles. The molecule has 220 valence electrons. The average molecular weight is 596 g/mol. The highest BCUT2D eigenvalue weighted by molar-refractivity contribution is 6.31. The van der Waals surface area contributed by atoms with Crippen LogP contribution in [0, 0.1) is 5.92 Å². The lowest BCUT2D eigenvalue weighted by molar-refractivity contribution is 0.0951. The zero-order valence-electron chi connectivity index (χ0n) is 24.0. The van der Waals surface area contributed by atoms with E-state index in [-0.39, 0.29) is 23.9 Å². The number of pyridine rings is 1. The van der Waals surface area contributed by atoms with Crippen LogP contribution in [-0.4, -0.2) is 29.6 Å². The molecule has 0 saturated carbocycles. The standard InChI is InChI=1S/C34H34ClN5O3/c1-2-22-10-13-27(14-11-22)37-34(43)38-29-17-24(33(42)36-18-25-6-3-4-7-28(25)35)12-15-31(29)39-19-23-16-26(21-39)30-8-5-9-32(41)40(30)20-23/h3-15,17,23,26H,2,16,18-21H2,1H3,(H,36,42)(H2,37,38,43).